The summed E-state index contributed by atoms with van der Waals surface area (Å²) in [7, 11) is 3.69. The molecule has 164 valence electrons. The number of hydrogen-bond acceptors (Lipinski definition) is 4. The SMILES string of the molecule is CCNC(=NCC1(C(=O)N(C)C)CCCC1)NCC1(c2ccc3c(c2)OCO3)CC1. The van der Waals surface area contributed by atoms with Crippen LogP contribution in [0.5, 0.6) is 11.5 Å². The molecule has 0 saturated heterocycles. The number of nitrogens with one attached hydrogen (secondary N) is 2. The molecule has 0 bridgehead atoms. The number of benzene rings is 1. The average molecular weight is 415 g/mol. The van der Waals surface area contributed by atoms with Crippen LogP contribution in [0.3, 0.4) is 0 Å². The van der Waals surface area contributed by atoms with E-state index < -0.39 is 0 Å². The van der Waals surface area contributed by atoms with E-state index in [2.05, 4.69) is 29.7 Å². The zero-order valence-electron chi connectivity index (χ0n) is 18.4. The molecule has 1 amide bonds. The van der Waals surface area contributed by atoms with Gasteiger partial charge in [0.05, 0.1) is 12.0 Å². The second-order valence-electron chi connectivity index (χ2n) is 9.08. The average Bonchev–Trinajstić information content (AvgIpc) is 3.15. The lowest BCUT2D eigenvalue weighted by atomic mass is 9.85. The van der Waals surface area contributed by atoms with Crippen molar-refractivity contribution in [2.45, 2.75) is 50.9 Å². The van der Waals surface area contributed by atoms with Crippen LogP contribution in [0, 0.1) is 5.41 Å². The van der Waals surface area contributed by atoms with Gasteiger partial charge in [-0.3, -0.25) is 9.79 Å². The molecule has 4 rings (SSSR count). The van der Waals surface area contributed by atoms with Gasteiger partial charge in [0.2, 0.25) is 12.7 Å². The van der Waals surface area contributed by atoms with Crippen molar-refractivity contribution in [3.05, 3.63) is 23.8 Å². The van der Waals surface area contributed by atoms with E-state index in [1.165, 1.54) is 5.56 Å². The van der Waals surface area contributed by atoms with E-state index in [0.717, 1.165) is 69.1 Å². The van der Waals surface area contributed by atoms with Crippen LogP contribution in [-0.2, 0) is 10.2 Å². The van der Waals surface area contributed by atoms with Crippen LogP contribution in [-0.4, -0.2) is 57.3 Å². The van der Waals surface area contributed by atoms with Crippen LogP contribution >= 0.6 is 0 Å². The minimum Gasteiger partial charge on any atom is -0.454 e. The van der Waals surface area contributed by atoms with Gasteiger partial charge in [-0.1, -0.05) is 18.9 Å². The first-order valence-corrected chi connectivity index (χ1v) is 11.1. The summed E-state index contributed by atoms with van der Waals surface area (Å²) in [4.78, 5) is 19.4. The summed E-state index contributed by atoms with van der Waals surface area (Å²) < 4.78 is 11.0. The molecule has 1 aromatic carbocycles. The summed E-state index contributed by atoms with van der Waals surface area (Å²) >= 11 is 0. The third kappa shape index (κ3) is 4.07. The molecule has 30 heavy (non-hydrogen) atoms. The number of carbonyl (C=O) groups is 1. The Kier molecular flexibility index (Phi) is 5.80. The van der Waals surface area contributed by atoms with Gasteiger partial charge in [-0.25, -0.2) is 0 Å². The van der Waals surface area contributed by atoms with Crippen LogP contribution in [0.25, 0.3) is 0 Å². The summed E-state index contributed by atoms with van der Waals surface area (Å²) in [6.07, 6.45) is 6.34. The van der Waals surface area contributed by atoms with Gasteiger partial charge >= 0.3 is 0 Å². The number of rotatable bonds is 7. The van der Waals surface area contributed by atoms with Crippen molar-refractivity contribution in [2.24, 2.45) is 10.4 Å². The Bertz CT molecular complexity index is 811. The zero-order chi connectivity index (χ0) is 21.2. The van der Waals surface area contributed by atoms with Crippen molar-refractivity contribution in [3.63, 3.8) is 0 Å². The van der Waals surface area contributed by atoms with Crippen LogP contribution in [0.15, 0.2) is 23.2 Å². The summed E-state index contributed by atoms with van der Waals surface area (Å²) in [6.45, 7) is 4.51. The normalized spacial score (nSPS) is 20.7. The number of hydrogen-bond donors (Lipinski definition) is 2. The Hall–Kier alpha value is -2.44. The number of amides is 1. The number of ether oxygens (including phenoxy) is 2. The molecule has 2 N–H and O–H groups in total. The lowest BCUT2D eigenvalue weighted by Crippen LogP contribution is -2.44. The van der Waals surface area contributed by atoms with Gasteiger partial charge in [0, 0.05) is 32.6 Å². The summed E-state index contributed by atoms with van der Waals surface area (Å²) in [5.74, 6) is 2.66. The molecule has 2 fully saturated rings. The van der Waals surface area contributed by atoms with Crippen molar-refractivity contribution in [3.8, 4) is 11.5 Å². The second kappa shape index (κ2) is 8.36. The molecular weight excluding hydrogens is 380 g/mol. The fourth-order valence-electron chi connectivity index (χ4n) is 4.74. The second-order valence-corrected chi connectivity index (χ2v) is 9.08. The lowest BCUT2D eigenvalue weighted by Gasteiger charge is -2.29. The molecule has 3 aliphatic rings. The molecule has 0 aromatic heterocycles. The summed E-state index contributed by atoms with van der Waals surface area (Å²) in [5, 5.41) is 6.90. The van der Waals surface area contributed by atoms with E-state index in [1.54, 1.807) is 4.90 Å². The van der Waals surface area contributed by atoms with Gasteiger partial charge < -0.3 is 25.0 Å². The standard InChI is InChI=1S/C23H34N4O3/c1-4-24-21(26-15-23(9-5-6-10-23)20(28)27(2)3)25-14-22(11-12-22)17-7-8-18-19(13-17)30-16-29-18/h7-8,13H,4-6,9-12,14-16H2,1-3H3,(H2,24,25,26). The monoisotopic (exact) mass is 414 g/mol. The zero-order valence-corrected chi connectivity index (χ0v) is 18.4. The third-order valence-corrected chi connectivity index (χ3v) is 6.74. The highest BCUT2D eigenvalue weighted by molar-refractivity contribution is 5.84. The molecule has 7 nitrogen and oxygen atoms in total. The van der Waals surface area contributed by atoms with Gasteiger partial charge in [0.25, 0.3) is 0 Å². The maximum Gasteiger partial charge on any atom is 0.231 e. The highest BCUT2D eigenvalue weighted by atomic mass is 16.7. The molecular formula is C23H34N4O3. The van der Waals surface area contributed by atoms with Crippen molar-refractivity contribution in [1.29, 1.82) is 0 Å². The molecule has 7 heteroatoms. The first kappa shape index (κ1) is 20.8. The number of guanidine groups is 1. The van der Waals surface area contributed by atoms with Gasteiger partial charge in [0.1, 0.15) is 0 Å². The smallest absolute Gasteiger partial charge is 0.231 e. The molecule has 1 heterocycles. The van der Waals surface area contributed by atoms with Crippen LogP contribution in [0.1, 0.15) is 51.0 Å². The largest absolute Gasteiger partial charge is 0.454 e. The third-order valence-electron chi connectivity index (χ3n) is 6.74. The molecule has 2 aliphatic carbocycles. The maximum absolute atomic E-state index is 12.8. The molecule has 0 spiro atoms. The molecule has 1 aliphatic heterocycles. The van der Waals surface area contributed by atoms with Crippen molar-refractivity contribution >= 4 is 11.9 Å². The maximum atomic E-state index is 12.8. The minimum absolute atomic E-state index is 0.113. The number of carbonyl (C=O) groups excluding carboxylic acids is 1. The van der Waals surface area contributed by atoms with E-state index in [0.29, 0.717) is 13.3 Å². The Labute approximate surface area is 179 Å². The lowest BCUT2D eigenvalue weighted by molar-refractivity contribution is -0.138. The van der Waals surface area contributed by atoms with E-state index in [1.807, 2.05) is 20.2 Å². The van der Waals surface area contributed by atoms with E-state index in [4.69, 9.17) is 14.5 Å². The van der Waals surface area contributed by atoms with Gasteiger partial charge in [0.15, 0.2) is 17.5 Å². The van der Waals surface area contributed by atoms with Crippen LogP contribution < -0.4 is 20.1 Å². The molecule has 2 saturated carbocycles. The number of aliphatic imine (C=N–C) groups is 1. The fourth-order valence-corrected chi connectivity index (χ4v) is 4.74. The fraction of sp³-hybridized carbons (Fsp3) is 0.652. The van der Waals surface area contributed by atoms with Crippen molar-refractivity contribution in [1.82, 2.24) is 15.5 Å². The van der Waals surface area contributed by atoms with Crippen LogP contribution in [0.2, 0.25) is 0 Å². The minimum atomic E-state index is -0.347. The molecule has 0 unspecified atom stereocenters. The molecule has 1 aromatic rings. The molecule has 0 radical (unpaired) electrons. The predicted octanol–water partition coefficient (Wildman–Crippen LogP) is 2.65. The predicted molar refractivity (Wildman–Crippen MR) is 117 cm³/mol. The van der Waals surface area contributed by atoms with E-state index in [-0.39, 0.29) is 16.7 Å². The number of nitrogens with zero attached hydrogens (tertiary/aromatic N) is 2. The summed E-state index contributed by atoms with van der Waals surface area (Å²) in [5.41, 5.74) is 1.05. The van der Waals surface area contributed by atoms with E-state index in [9.17, 15) is 4.79 Å². The highest BCUT2D eigenvalue weighted by Crippen LogP contribution is 2.50. The van der Waals surface area contributed by atoms with Gasteiger partial charge in [-0.2, -0.15) is 0 Å². The Morgan fingerprint density at radius 2 is 1.83 bits per heavy atom. The van der Waals surface area contributed by atoms with Gasteiger partial charge in [-0.15, -0.1) is 0 Å². The van der Waals surface area contributed by atoms with Gasteiger partial charge in [-0.05, 0) is 50.3 Å². The topological polar surface area (TPSA) is 75.2 Å². The Balaban J connectivity index is 1.44. The first-order valence-electron chi connectivity index (χ1n) is 11.1. The number of fused-ring (bicyclic) bond motifs is 1. The van der Waals surface area contributed by atoms with Crippen molar-refractivity contribution in [2.75, 3.05) is 40.5 Å². The first-order chi connectivity index (χ1) is 14.5. The Morgan fingerprint density at radius 3 is 2.50 bits per heavy atom. The van der Waals surface area contributed by atoms with Crippen LogP contribution in [0.4, 0.5) is 0 Å². The summed E-state index contributed by atoms with van der Waals surface area (Å²) in [6, 6.07) is 6.27. The highest BCUT2D eigenvalue weighted by Gasteiger charge is 2.45. The molecule has 0 atom stereocenters. The van der Waals surface area contributed by atoms with Crippen molar-refractivity contribution < 1.29 is 14.3 Å². The van der Waals surface area contributed by atoms with E-state index >= 15 is 0 Å². The quantitative estimate of drug-likeness (QED) is 0.530. The Morgan fingerprint density at radius 1 is 1.10 bits per heavy atom.